The molecule has 21 heavy (non-hydrogen) atoms. The number of nitrogens with one attached hydrogen (secondary N) is 1. The fourth-order valence-electron chi connectivity index (χ4n) is 2.00. The van der Waals surface area contributed by atoms with Gasteiger partial charge >= 0.3 is 5.97 Å². The van der Waals surface area contributed by atoms with Crippen LogP contribution in [0.3, 0.4) is 0 Å². The predicted molar refractivity (Wildman–Crippen MR) is 82.3 cm³/mol. The number of hydrogen-bond acceptors (Lipinski definition) is 5. The molecule has 1 aliphatic carbocycles. The molecule has 1 saturated carbocycles. The minimum Gasteiger partial charge on any atom is -0.451 e. The van der Waals surface area contributed by atoms with Crippen molar-refractivity contribution in [2.45, 2.75) is 12.8 Å². The average molecular weight is 304 g/mol. The second-order valence-corrected chi connectivity index (χ2v) is 6.32. The highest BCUT2D eigenvalue weighted by molar-refractivity contribution is 7.20. The Hall–Kier alpha value is -2.08. The monoisotopic (exact) mass is 304 g/mol. The number of fused-ring (bicyclic) bond motifs is 1. The summed E-state index contributed by atoms with van der Waals surface area (Å²) < 4.78 is 6.00. The van der Waals surface area contributed by atoms with E-state index < -0.39 is 5.97 Å². The van der Waals surface area contributed by atoms with E-state index in [1.54, 1.807) is 12.1 Å². The van der Waals surface area contributed by atoms with Gasteiger partial charge in [-0.25, -0.2) is 4.79 Å². The van der Waals surface area contributed by atoms with Gasteiger partial charge in [-0.1, -0.05) is 0 Å². The smallest absolute Gasteiger partial charge is 0.348 e. The minimum absolute atomic E-state index is 0.234. The van der Waals surface area contributed by atoms with Crippen molar-refractivity contribution in [3.63, 3.8) is 0 Å². The molecule has 1 aromatic carbocycles. The van der Waals surface area contributed by atoms with Gasteiger partial charge in [0.2, 0.25) is 0 Å². The number of amides is 1. The molecule has 0 radical (unpaired) electrons. The van der Waals surface area contributed by atoms with E-state index in [-0.39, 0.29) is 12.5 Å². The number of carbonyl (C=O) groups excluding carboxylic acids is 2. The van der Waals surface area contributed by atoms with Crippen LogP contribution in [0.4, 0.5) is 5.69 Å². The largest absolute Gasteiger partial charge is 0.451 e. The minimum atomic E-state index is -0.476. The summed E-state index contributed by atoms with van der Waals surface area (Å²) in [6.45, 7) is 0.445. The highest BCUT2D eigenvalue weighted by atomic mass is 32.1. The molecular formula is C15H16N2O3S. The molecule has 0 unspecified atom stereocenters. The van der Waals surface area contributed by atoms with E-state index in [4.69, 9.17) is 10.5 Å². The van der Waals surface area contributed by atoms with Crippen molar-refractivity contribution in [2.75, 3.05) is 18.9 Å². The third kappa shape index (κ3) is 3.52. The second-order valence-electron chi connectivity index (χ2n) is 5.23. The summed E-state index contributed by atoms with van der Waals surface area (Å²) >= 11 is 1.33. The average Bonchev–Trinajstić information content (AvgIpc) is 3.20. The molecule has 1 amide bonds. The van der Waals surface area contributed by atoms with Crippen molar-refractivity contribution in [1.82, 2.24) is 5.32 Å². The molecular weight excluding hydrogens is 288 g/mol. The van der Waals surface area contributed by atoms with Crippen LogP contribution >= 0.6 is 11.3 Å². The van der Waals surface area contributed by atoms with E-state index >= 15 is 0 Å². The van der Waals surface area contributed by atoms with Gasteiger partial charge in [0.1, 0.15) is 4.88 Å². The van der Waals surface area contributed by atoms with Gasteiger partial charge in [-0.3, -0.25) is 4.79 Å². The first-order chi connectivity index (χ1) is 10.1. The maximum atomic E-state index is 11.9. The number of rotatable bonds is 5. The molecule has 0 saturated heterocycles. The lowest BCUT2D eigenvalue weighted by Gasteiger charge is -2.04. The Bertz CT molecular complexity index is 691. The maximum Gasteiger partial charge on any atom is 0.348 e. The van der Waals surface area contributed by atoms with Crippen molar-refractivity contribution in [1.29, 1.82) is 0 Å². The lowest BCUT2D eigenvalue weighted by atomic mass is 10.2. The number of hydrogen-bond donors (Lipinski definition) is 2. The zero-order valence-corrected chi connectivity index (χ0v) is 12.2. The van der Waals surface area contributed by atoms with Crippen molar-refractivity contribution in [3.05, 3.63) is 29.1 Å². The number of thiophene rings is 1. The van der Waals surface area contributed by atoms with Crippen molar-refractivity contribution >= 4 is 39.0 Å². The number of benzene rings is 1. The molecule has 0 bridgehead atoms. The summed E-state index contributed by atoms with van der Waals surface area (Å²) in [5, 5.41) is 3.66. The molecule has 1 aromatic heterocycles. The highest BCUT2D eigenvalue weighted by Crippen LogP contribution is 2.28. The molecule has 0 aliphatic heterocycles. The Balaban J connectivity index is 1.56. The van der Waals surface area contributed by atoms with Crippen LogP contribution < -0.4 is 11.1 Å². The summed E-state index contributed by atoms with van der Waals surface area (Å²) in [6, 6.07) is 7.21. The fourth-order valence-corrected chi connectivity index (χ4v) is 2.93. The molecule has 1 heterocycles. The van der Waals surface area contributed by atoms with Crippen LogP contribution in [0.15, 0.2) is 24.3 Å². The molecule has 0 spiro atoms. The maximum absolute atomic E-state index is 11.9. The number of anilines is 1. The highest BCUT2D eigenvalue weighted by Gasteiger charge is 2.22. The van der Waals surface area contributed by atoms with Crippen LogP contribution in [0.1, 0.15) is 22.5 Å². The Labute approximate surface area is 126 Å². The van der Waals surface area contributed by atoms with Crippen LogP contribution in [0.25, 0.3) is 10.1 Å². The number of nitrogen functional groups attached to an aromatic ring is 1. The summed E-state index contributed by atoms with van der Waals surface area (Å²) in [5.74, 6) is -0.116. The van der Waals surface area contributed by atoms with Crippen molar-refractivity contribution in [3.8, 4) is 0 Å². The summed E-state index contributed by atoms with van der Waals surface area (Å²) in [5.41, 5.74) is 6.36. The van der Waals surface area contributed by atoms with Crippen LogP contribution in [0.5, 0.6) is 0 Å². The number of nitrogens with two attached hydrogens (primary N) is 1. The van der Waals surface area contributed by atoms with Gasteiger partial charge in [0.25, 0.3) is 5.91 Å². The molecule has 3 rings (SSSR count). The molecule has 2 aromatic rings. The third-order valence-corrected chi connectivity index (χ3v) is 4.46. The first-order valence-corrected chi connectivity index (χ1v) is 7.66. The summed E-state index contributed by atoms with van der Waals surface area (Å²) in [4.78, 5) is 23.9. The standard InChI is InChI=1S/C15H16N2O3S/c16-11-3-4-12-10(5-11)6-13(21-12)15(19)20-8-14(18)17-7-9-1-2-9/h3-6,9H,1-2,7-8,16H2,(H,17,18). The topological polar surface area (TPSA) is 81.4 Å². The summed E-state index contributed by atoms with van der Waals surface area (Å²) in [7, 11) is 0. The van der Waals surface area contributed by atoms with E-state index in [0.717, 1.165) is 10.1 Å². The molecule has 110 valence electrons. The van der Waals surface area contributed by atoms with Gasteiger partial charge in [0, 0.05) is 16.9 Å². The molecule has 1 fully saturated rings. The zero-order valence-electron chi connectivity index (χ0n) is 11.4. The van der Waals surface area contributed by atoms with E-state index in [1.807, 2.05) is 12.1 Å². The molecule has 0 atom stereocenters. The lowest BCUT2D eigenvalue weighted by Crippen LogP contribution is -2.30. The Kier molecular flexibility index (Phi) is 3.79. The zero-order chi connectivity index (χ0) is 14.8. The number of ether oxygens (including phenoxy) is 1. The van der Waals surface area contributed by atoms with Gasteiger partial charge in [0.15, 0.2) is 6.61 Å². The van der Waals surface area contributed by atoms with Gasteiger partial charge < -0.3 is 15.8 Å². The SMILES string of the molecule is Nc1ccc2sc(C(=O)OCC(=O)NCC3CC3)cc2c1. The van der Waals surface area contributed by atoms with E-state index in [9.17, 15) is 9.59 Å². The third-order valence-electron chi connectivity index (χ3n) is 3.36. The first kappa shape index (κ1) is 13.9. The van der Waals surface area contributed by atoms with Crippen LogP contribution in [0, 0.1) is 5.92 Å². The van der Waals surface area contributed by atoms with Gasteiger partial charge in [0.05, 0.1) is 0 Å². The van der Waals surface area contributed by atoms with Gasteiger partial charge in [-0.15, -0.1) is 11.3 Å². The van der Waals surface area contributed by atoms with Gasteiger partial charge in [-0.05, 0) is 48.4 Å². The van der Waals surface area contributed by atoms with Gasteiger partial charge in [-0.2, -0.15) is 0 Å². The Morgan fingerprint density at radius 3 is 2.90 bits per heavy atom. The second kappa shape index (κ2) is 5.73. The van der Waals surface area contributed by atoms with Crippen molar-refractivity contribution in [2.24, 2.45) is 5.92 Å². The first-order valence-electron chi connectivity index (χ1n) is 6.85. The van der Waals surface area contributed by atoms with Crippen LogP contribution in [-0.2, 0) is 9.53 Å². The normalized spacial score (nSPS) is 14.1. The number of carbonyl (C=O) groups is 2. The molecule has 5 nitrogen and oxygen atoms in total. The predicted octanol–water partition coefficient (Wildman–Crippen LogP) is 2.17. The summed E-state index contributed by atoms with van der Waals surface area (Å²) in [6.07, 6.45) is 2.34. The Morgan fingerprint density at radius 2 is 2.14 bits per heavy atom. The molecule has 1 aliphatic rings. The Morgan fingerprint density at radius 1 is 1.33 bits per heavy atom. The van der Waals surface area contributed by atoms with Crippen LogP contribution in [0.2, 0.25) is 0 Å². The van der Waals surface area contributed by atoms with E-state index in [0.29, 0.717) is 23.0 Å². The van der Waals surface area contributed by atoms with E-state index in [2.05, 4.69) is 5.32 Å². The quantitative estimate of drug-likeness (QED) is 0.655. The van der Waals surface area contributed by atoms with E-state index in [1.165, 1.54) is 24.2 Å². The van der Waals surface area contributed by atoms with Crippen molar-refractivity contribution < 1.29 is 14.3 Å². The fraction of sp³-hybridized carbons (Fsp3) is 0.333. The van der Waals surface area contributed by atoms with Crippen LogP contribution in [-0.4, -0.2) is 25.0 Å². The molecule has 3 N–H and O–H groups in total. The number of esters is 1. The lowest BCUT2D eigenvalue weighted by molar-refractivity contribution is -0.124. The molecule has 6 heteroatoms.